The molecule has 5 aliphatic heterocycles. The molecule has 3 fully saturated rings. The maximum absolute atomic E-state index is 15.9. The highest BCUT2D eigenvalue weighted by Gasteiger charge is 2.79. The van der Waals surface area contributed by atoms with E-state index < -0.39 is 68.1 Å². The molecule has 2 bridgehead atoms. The number of carbonyl (C=O) groups excluding carboxylic acids is 2. The van der Waals surface area contributed by atoms with E-state index in [-0.39, 0.29) is 25.0 Å². The van der Waals surface area contributed by atoms with Crippen molar-refractivity contribution in [2.75, 3.05) is 70.8 Å². The van der Waals surface area contributed by atoms with Gasteiger partial charge in [0.25, 0.3) is 5.91 Å². The number of aliphatic hydroxyl groups excluding tert-OH is 1. The van der Waals surface area contributed by atoms with Crippen molar-refractivity contribution in [1.29, 1.82) is 0 Å². The Balaban J connectivity index is 1.04. The number of amides is 1. The van der Waals surface area contributed by atoms with Crippen LogP contribution in [-0.4, -0.2) is 164 Å². The molecular formula is C56H78N10O8SSi2. The minimum atomic E-state index is -2.34. The van der Waals surface area contributed by atoms with Crippen LogP contribution in [-0.2, 0) is 42.2 Å². The number of aliphatic hydroxyl groups is 3. The molecule has 2 saturated heterocycles. The van der Waals surface area contributed by atoms with E-state index in [4.69, 9.17) is 19.1 Å². The molecule has 0 radical (unpaired) electrons. The van der Waals surface area contributed by atoms with Crippen molar-refractivity contribution in [3.63, 3.8) is 0 Å². The van der Waals surface area contributed by atoms with Gasteiger partial charge < -0.3 is 44.1 Å². The van der Waals surface area contributed by atoms with Crippen molar-refractivity contribution >= 4 is 56.9 Å². The van der Waals surface area contributed by atoms with E-state index in [0.717, 1.165) is 50.4 Å². The minimum Gasteiger partial charge on any atom is -0.497 e. The van der Waals surface area contributed by atoms with Gasteiger partial charge >= 0.3 is 5.97 Å². The van der Waals surface area contributed by atoms with Gasteiger partial charge in [-0.2, -0.15) is 0 Å². The Morgan fingerprint density at radius 2 is 1.81 bits per heavy atom. The summed E-state index contributed by atoms with van der Waals surface area (Å²) in [5, 5.41) is 48.6. The van der Waals surface area contributed by atoms with E-state index in [1.54, 1.807) is 31.3 Å². The molecule has 10 rings (SSSR count). The van der Waals surface area contributed by atoms with Gasteiger partial charge in [0.2, 0.25) is 0 Å². The number of H-pyrrole nitrogens is 1. The zero-order chi connectivity index (χ0) is 54.9. The van der Waals surface area contributed by atoms with Crippen LogP contribution in [0.15, 0.2) is 71.2 Å². The van der Waals surface area contributed by atoms with E-state index in [0.29, 0.717) is 94.1 Å². The Morgan fingerprint density at radius 3 is 2.52 bits per heavy atom. The molecule has 2 aromatic heterocycles. The van der Waals surface area contributed by atoms with Crippen LogP contribution in [0.5, 0.6) is 5.75 Å². The van der Waals surface area contributed by atoms with E-state index in [1.165, 1.54) is 7.11 Å². The number of azide groups is 1. The Morgan fingerprint density at radius 1 is 1.04 bits per heavy atom. The summed E-state index contributed by atoms with van der Waals surface area (Å²) in [6, 6.07) is 11.6. The normalized spacial score (nSPS) is 31.5. The molecule has 7 heterocycles. The maximum Gasteiger partial charge on any atom is 0.322 e. The molecule has 1 saturated carbocycles. The first kappa shape index (κ1) is 55.5. The largest absolute Gasteiger partial charge is 0.497 e. The maximum atomic E-state index is 15.9. The van der Waals surface area contributed by atoms with Crippen molar-refractivity contribution in [3.05, 3.63) is 99.3 Å². The topological polar surface area (TPSA) is 235 Å². The first-order chi connectivity index (χ1) is 36.7. The molecule has 4 aromatic rings. The summed E-state index contributed by atoms with van der Waals surface area (Å²) in [4.78, 5) is 53.8. The number of esters is 1. The lowest BCUT2D eigenvalue weighted by Gasteiger charge is -2.63. The van der Waals surface area contributed by atoms with Crippen molar-refractivity contribution in [1.82, 2.24) is 30.1 Å². The van der Waals surface area contributed by atoms with Crippen LogP contribution in [0.3, 0.4) is 0 Å². The van der Waals surface area contributed by atoms with Crippen LogP contribution in [0.25, 0.3) is 21.3 Å². The number of thioether (sulfide) groups is 1. The number of aromatic amines is 1. The van der Waals surface area contributed by atoms with E-state index in [2.05, 4.69) is 90.6 Å². The molecule has 1 aliphatic carbocycles. The molecule has 77 heavy (non-hydrogen) atoms. The number of fused-ring (bicyclic) bond motifs is 6. The van der Waals surface area contributed by atoms with Crippen LogP contribution in [0.2, 0.25) is 32.2 Å². The molecule has 21 heteroatoms. The summed E-state index contributed by atoms with van der Waals surface area (Å²) in [7, 11) is 0.492. The lowest BCUT2D eigenvalue weighted by Crippen LogP contribution is -2.82. The Kier molecular flexibility index (Phi) is 14.9. The van der Waals surface area contributed by atoms with Crippen LogP contribution in [0.1, 0.15) is 80.3 Å². The number of likely N-dealkylation sites (N-methyl/N-ethyl adjacent to an activating group) is 1. The number of benzene rings is 2. The van der Waals surface area contributed by atoms with Crippen LogP contribution in [0, 0.1) is 11.3 Å². The predicted molar refractivity (Wildman–Crippen MR) is 303 cm³/mol. The smallest absolute Gasteiger partial charge is 0.322 e. The summed E-state index contributed by atoms with van der Waals surface area (Å²) in [6.07, 6.45) is 9.58. The first-order valence-corrected chi connectivity index (χ1v) is 34.8. The number of hydrogen-bond acceptors (Lipinski definition) is 15. The molecule has 10 atom stereocenters. The van der Waals surface area contributed by atoms with E-state index >= 15 is 9.59 Å². The number of rotatable bonds is 17. The van der Waals surface area contributed by atoms with Gasteiger partial charge in [0.15, 0.2) is 27.4 Å². The van der Waals surface area contributed by atoms with Crippen molar-refractivity contribution in [3.8, 4) is 5.75 Å². The van der Waals surface area contributed by atoms with E-state index in [9.17, 15) is 15.3 Å². The first-order valence-electron chi connectivity index (χ1n) is 27.5. The van der Waals surface area contributed by atoms with Gasteiger partial charge in [-0.05, 0) is 130 Å². The average molecular weight is 1110 g/mol. The van der Waals surface area contributed by atoms with Crippen molar-refractivity contribution in [2.45, 2.75) is 143 Å². The second-order valence-corrected chi connectivity index (χ2v) is 34.3. The van der Waals surface area contributed by atoms with Crippen LogP contribution < -0.4 is 15.0 Å². The number of nitrogens with zero attached hydrogens (tertiary/aromatic N) is 8. The van der Waals surface area contributed by atoms with Crippen LogP contribution >= 0.6 is 11.8 Å². The summed E-state index contributed by atoms with van der Waals surface area (Å²) in [5.74, 6) is -0.692. The van der Waals surface area contributed by atoms with Gasteiger partial charge in [-0.3, -0.25) is 19.4 Å². The SMILES string of the molecule is CC[C@]1(O)C[C@@H]2CN(CCc3c([nH]c4ccccc34)C(C(=O)OC)(c3cc(OC)cc4c3[C@@]35CCN6CC=C[C@@](CC)([C@@H](O)[C@](O)(C(=O)NCCC[Si](C)(C)O[Si](C)(C)CSc7ncc(CN=[N+]=[N-])cn7)[C@@H]3N4C)[C@H]65)C2)C1. The third-order valence-corrected chi connectivity index (χ3v) is 28.3. The van der Waals surface area contributed by atoms with Gasteiger partial charge in [0.1, 0.15) is 17.3 Å². The van der Waals surface area contributed by atoms with Crippen molar-refractivity contribution < 1.29 is 38.5 Å². The Labute approximate surface area is 458 Å². The highest BCUT2D eigenvalue weighted by molar-refractivity contribution is 8.00. The quantitative estimate of drug-likeness (QED) is 0.00816. The number of carbonyl (C=O) groups is 2. The molecule has 2 aromatic carbocycles. The number of para-hydroxylation sites is 1. The molecule has 18 nitrogen and oxygen atoms in total. The fraction of sp³-hybridized carbons (Fsp3) is 0.607. The number of nitrogens with one attached hydrogen (secondary N) is 2. The third kappa shape index (κ3) is 9.13. The van der Waals surface area contributed by atoms with Gasteiger partial charge in [0, 0.05) is 108 Å². The Hall–Kier alpha value is -4.81. The Bertz CT molecular complexity index is 2990. The van der Waals surface area contributed by atoms with Gasteiger partial charge in [-0.15, -0.1) is 0 Å². The molecule has 6 aliphatic rings. The number of anilines is 1. The minimum absolute atomic E-state index is 0.135. The summed E-state index contributed by atoms with van der Waals surface area (Å²) in [6.45, 7) is 16.5. The average Bonchev–Trinajstić information content (AvgIpc) is 4.27. The predicted octanol–water partition coefficient (Wildman–Crippen LogP) is 7.11. The summed E-state index contributed by atoms with van der Waals surface area (Å²) < 4.78 is 19.4. The zero-order valence-corrected chi connectivity index (χ0v) is 49.1. The van der Waals surface area contributed by atoms with E-state index in [1.807, 2.05) is 50.1 Å². The van der Waals surface area contributed by atoms with Crippen LogP contribution in [0.4, 0.5) is 5.69 Å². The monoisotopic (exact) mass is 1110 g/mol. The second kappa shape index (κ2) is 20.7. The number of hydrogen-bond donors (Lipinski definition) is 5. The number of ether oxygens (including phenoxy) is 2. The third-order valence-electron chi connectivity index (χ3n) is 18.5. The molecule has 414 valence electrons. The number of methoxy groups -OCH3 is 2. The summed E-state index contributed by atoms with van der Waals surface area (Å²) in [5.41, 5.74) is 7.51. The zero-order valence-electron chi connectivity index (χ0n) is 46.3. The van der Waals surface area contributed by atoms with Gasteiger partial charge in [0.05, 0.1) is 32.4 Å². The highest BCUT2D eigenvalue weighted by Crippen LogP contribution is 2.69. The van der Waals surface area contributed by atoms with Gasteiger partial charge in [-0.25, -0.2) is 9.97 Å². The standard InChI is InChI=1S/C56H78N10O8SSi2/c1-10-52(70)28-36-29-55(50(69)73-5,45-40(18-23-65(33-36)34-52)39-16-12-13-17-42(39)62-45)41-26-38(72-4)27-43-44(41)54-20-24-66-22-14-19-53(11-2,46(54)66)48(67)56(71,47(54)64(43)3)49(68)58-21-15-25-76(6,7)74-77(8,9)35-75-51-59-30-37(31-60-51)32-61-63-57/h12-14,16-17,19,26-27,30-31,36,46-48,62,67,70-71H,10-11,15,18,20-25,28-29,32-35H2,1-9H3,(H,58,68)/t36-,46-,47+,48+,52-,53+,54+,55?,56-/m0/s1. The lowest BCUT2D eigenvalue weighted by molar-refractivity contribution is -0.203. The summed E-state index contributed by atoms with van der Waals surface area (Å²) >= 11 is 1.55. The second-order valence-electron chi connectivity index (χ2n) is 24.2. The van der Waals surface area contributed by atoms with Gasteiger partial charge in [-0.1, -0.05) is 61.1 Å². The highest BCUT2D eigenvalue weighted by atomic mass is 32.2. The molecular weight excluding hydrogens is 1030 g/mol. The molecule has 2 unspecified atom stereocenters. The molecule has 1 spiro atoms. The molecule has 1 amide bonds. The fourth-order valence-corrected chi connectivity index (χ4v) is 26.0. The number of aromatic nitrogens is 3. The molecule has 5 N–H and O–H groups in total. The lowest BCUT2D eigenvalue weighted by atomic mass is 9.46. The fourth-order valence-electron chi connectivity index (χ4n) is 15.6. The van der Waals surface area contributed by atoms with Crippen molar-refractivity contribution in [2.24, 2.45) is 16.4 Å². The number of piperidine rings is 1.